The number of ether oxygens (including phenoxy) is 1. The van der Waals surface area contributed by atoms with Crippen molar-refractivity contribution in [2.75, 3.05) is 18.5 Å². The summed E-state index contributed by atoms with van der Waals surface area (Å²) in [6, 6.07) is 3.47. The van der Waals surface area contributed by atoms with Gasteiger partial charge in [-0.3, -0.25) is 14.9 Å². The number of hydrogen-bond donors (Lipinski definition) is 2. The van der Waals surface area contributed by atoms with Crippen LogP contribution in [0.2, 0.25) is 0 Å². The minimum Gasteiger partial charge on any atom is -0.506 e. The average Bonchev–Trinajstić information content (AvgIpc) is 2.32. The van der Waals surface area contributed by atoms with Crippen LogP contribution < -0.4 is 5.32 Å². The first-order chi connectivity index (χ1) is 8.54. The maximum Gasteiger partial charge on any atom is 0.273 e. The van der Waals surface area contributed by atoms with Crippen molar-refractivity contribution in [3.8, 4) is 5.75 Å². The first-order valence-electron chi connectivity index (χ1n) is 5.39. The second kappa shape index (κ2) is 6.55. The minimum absolute atomic E-state index is 0.141. The number of non-ortho nitro benzene ring substituents is 1. The number of phenols is 1. The molecule has 0 atom stereocenters. The Balaban J connectivity index is 2.62. The van der Waals surface area contributed by atoms with Crippen LogP contribution >= 0.6 is 0 Å². The van der Waals surface area contributed by atoms with Gasteiger partial charge in [-0.1, -0.05) is 0 Å². The molecule has 0 fully saturated rings. The predicted molar refractivity (Wildman–Crippen MR) is 64.5 cm³/mol. The molecule has 7 nitrogen and oxygen atoms in total. The largest absolute Gasteiger partial charge is 0.506 e. The molecule has 1 amide bonds. The molecule has 0 unspecified atom stereocenters. The zero-order chi connectivity index (χ0) is 13.5. The fourth-order valence-electron chi connectivity index (χ4n) is 1.26. The molecule has 0 saturated heterocycles. The molecule has 0 radical (unpaired) electrons. The van der Waals surface area contributed by atoms with Gasteiger partial charge in [-0.15, -0.1) is 0 Å². The van der Waals surface area contributed by atoms with Crippen molar-refractivity contribution >= 4 is 17.3 Å². The van der Waals surface area contributed by atoms with Gasteiger partial charge >= 0.3 is 0 Å². The van der Waals surface area contributed by atoms with Crippen molar-refractivity contribution < 1.29 is 19.6 Å². The van der Waals surface area contributed by atoms with E-state index in [9.17, 15) is 20.0 Å². The Morgan fingerprint density at radius 2 is 2.28 bits per heavy atom. The van der Waals surface area contributed by atoms with Crippen molar-refractivity contribution in [2.24, 2.45) is 0 Å². The molecular weight excluding hydrogens is 240 g/mol. The number of anilines is 1. The molecule has 7 heteroatoms. The van der Waals surface area contributed by atoms with E-state index in [2.05, 4.69) is 5.32 Å². The van der Waals surface area contributed by atoms with E-state index in [1.807, 2.05) is 6.92 Å². The molecule has 0 heterocycles. The number of nitro groups is 1. The summed E-state index contributed by atoms with van der Waals surface area (Å²) in [6.07, 6.45) is 0.157. The fourth-order valence-corrected chi connectivity index (χ4v) is 1.26. The maximum absolute atomic E-state index is 11.4. The van der Waals surface area contributed by atoms with E-state index < -0.39 is 4.92 Å². The highest BCUT2D eigenvalue weighted by Crippen LogP contribution is 2.27. The Bertz CT molecular complexity index is 447. The maximum atomic E-state index is 11.4. The first kappa shape index (κ1) is 13.9. The van der Waals surface area contributed by atoms with Crippen LogP contribution in [0.3, 0.4) is 0 Å². The van der Waals surface area contributed by atoms with Gasteiger partial charge in [0.05, 0.1) is 29.7 Å². The van der Waals surface area contributed by atoms with Crippen molar-refractivity contribution in [3.63, 3.8) is 0 Å². The third kappa shape index (κ3) is 4.02. The topological polar surface area (TPSA) is 102 Å². The van der Waals surface area contributed by atoms with Crippen molar-refractivity contribution in [1.29, 1.82) is 0 Å². The smallest absolute Gasteiger partial charge is 0.273 e. The summed E-state index contributed by atoms with van der Waals surface area (Å²) >= 11 is 0. The lowest BCUT2D eigenvalue weighted by Gasteiger charge is -2.07. The molecule has 18 heavy (non-hydrogen) atoms. The SMILES string of the molecule is CCOCCC(=O)Nc1ccc([N+](=O)[O-])cc1O. The Morgan fingerprint density at radius 3 is 2.83 bits per heavy atom. The Hall–Kier alpha value is -2.15. The number of nitrogens with one attached hydrogen (secondary N) is 1. The lowest BCUT2D eigenvalue weighted by atomic mass is 10.2. The third-order valence-electron chi connectivity index (χ3n) is 2.14. The van der Waals surface area contributed by atoms with Crippen LogP contribution in [0.15, 0.2) is 18.2 Å². The molecule has 2 N–H and O–H groups in total. The zero-order valence-electron chi connectivity index (χ0n) is 9.88. The van der Waals surface area contributed by atoms with Crippen molar-refractivity contribution in [1.82, 2.24) is 0 Å². The van der Waals surface area contributed by atoms with Gasteiger partial charge in [0.25, 0.3) is 5.69 Å². The lowest BCUT2D eigenvalue weighted by molar-refractivity contribution is -0.384. The molecule has 0 bridgehead atoms. The monoisotopic (exact) mass is 254 g/mol. The van der Waals surface area contributed by atoms with Gasteiger partial charge in [0, 0.05) is 12.7 Å². The summed E-state index contributed by atoms with van der Waals surface area (Å²) in [5, 5.41) is 22.4. The number of hydrogen-bond acceptors (Lipinski definition) is 5. The molecule has 98 valence electrons. The summed E-state index contributed by atoms with van der Waals surface area (Å²) < 4.78 is 5.01. The third-order valence-corrected chi connectivity index (χ3v) is 2.14. The molecule has 1 aromatic carbocycles. The van der Waals surface area contributed by atoms with Crippen LogP contribution in [0.5, 0.6) is 5.75 Å². The van der Waals surface area contributed by atoms with Crippen molar-refractivity contribution in [3.05, 3.63) is 28.3 Å². The summed E-state index contributed by atoms with van der Waals surface area (Å²) in [4.78, 5) is 21.2. The first-order valence-corrected chi connectivity index (χ1v) is 5.39. The second-order valence-electron chi connectivity index (χ2n) is 3.45. The quantitative estimate of drug-likeness (QED) is 0.348. The predicted octanol–water partition coefficient (Wildman–Crippen LogP) is 1.67. The summed E-state index contributed by atoms with van der Waals surface area (Å²) in [6.45, 7) is 2.63. The van der Waals surface area contributed by atoms with Gasteiger partial charge in [0.2, 0.25) is 5.91 Å². The van der Waals surface area contributed by atoms with Gasteiger partial charge in [0.15, 0.2) is 0 Å². The number of nitrogens with zero attached hydrogens (tertiary/aromatic N) is 1. The molecule has 1 aromatic rings. The number of aromatic hydroxyl groups is 1. The van der Waals surface area contributed by atoms with Gasteiger partial charge in [-0.25, -0.2) is 0 Å². The molecule has 0 aliphatic heterocycles. The minimum atomic E-state index is -0.625. The molecule has 1 rings (SSSR count). The standard InChI is InChI=1S/C11H14N2O5/c1-2-18-6-5-11(15)12-9-4-3-8(13(16)17)7-10(9)14/h3-4,7,14H,2,5-6H2,1H3,(H,12,15). The average molecular weight is 254 g/mol. The van der Waals surface area contributed by atoms with Crippen LogP contribution in [0.1, 0.15) is 13.3 Å². The molecule has 0 aliphatic carbocycles. The van der Waals surface area contributed by atoms with Crippen LogP contribution in [-0.4, -0.2) is 29.2 Å². The molecule has 0 aromatic heterocycles. The van der Waals surface area contributed by atoms with Gasteiger partial charge < -0.3 is 15.2 Å². The van der Waals surface area contributed by atoms with Crippen LogP contribution in [-0.2, 0) is 9.53 Å². The van der Waals surface area contributed by atoms with E-state index in [1.165, 1.54) is 12.1 Å². The lowest BCUT2D eigenvalue weighted by Crippen LogP contribution is -2.14. The highest BCUT2D eigenvalue weighted by Gasteiger charge is 2.11. The van der Waals surface area contributed by atoms with E-state index in [-0.39, 0.29) is 36.1 Å². The van der Waals surface area contributed by atoms with Gasteiger partial charge in [0.1, 0.15) is 5.75 Å². The highest BCUT2D eigenvalue weighted by atomic mass is 16.6. The summed E-state index contributed by atoms with van der Waals surface area (Å²) in [7, 11) is 0. The van der Waals surface area contributed by atoms with Crippen LogP contribution in [0.25, 0.3) is 0 Å². The normalized spacial score (nSPS) is 10.1. The Morgan fingerprint density at radius 1 is 1.56 bits per heavy atom. The summed E-state index contributed by atoms with van der Waals surface area (Å²) in [5.41, 5.74) is -0.0955. The van der Waals surface area contributed by atoms with Crippen LogP contribution in [0.4, 0.5) is 11.4 Å². The van der Waals surface area contributed by atoms with Gasteiger partial charge in [-0.05, 0) is 13.0 Å². The molecule has 0 aliphatic rings. The van der Waals surface area contributed by atoms with Crippen molar-refractivity contribution in [2.45, 2.75) is 13.3 Å². The van der Waals surface area contributed by atoms with Gasteiger partial charge in [-0.2, -0.15) is 0 Å². The molecule has 0 spiro atoms. The number of phenolic OH excluding ortho intramolecular Hbond substituents is 1. The Labute approximate surface area is 104 Å². The number of carbonyl (C=O) groups excluding carboxylic acids is 1. The molecule has 0 saturated carbocycles. The van der Waals surface area contributed by atoms with E-state index in [1.54, 1.807) is 0 Å². The number of rotatable bonds is 6. The molecular formula is C11H14N2O5. The number of benzene rings is 1. The summed E-state index contributed by atoms with van der Waals surface area (Å²) in [5.74, 6) is -0.665. The Kier molecular flexibility index (Phi) is 5.06. The number of amides is 1. The van der Waals surface area contributed by atoms with E-state index in [0.717, 1.165) is 6.07 Å². The fraction of sp³-hybridized carbons (Fsp3) is 0.364. The van der Waals surface area contributed by atoms with E-state index in [0.29, 0.717) is 6.61 Å². The van der Waals surface area contributed by atoms with Crippen LogP contribution in [0, 0.1) is 10.1 Å². The zero-order valence-corrected chi connectivity index (χ0v) is 9.88. The second-order valence-corrected chi connectivity index (χ2v) is 3.45. The number of nitro benzene ring substituents is 1. The number of carbonyl (C=O) groups is 1. The van der Waals surface area contributed by atoms with E-state index in [4.69, 9.17) is 4.74 Å². The highest BCUT2D eigenvalue weighted by molar-refractivity contribution is 5.92. The van der Waals surface area contributed by atoms with E-state index >= 15 is 0 Å².